The molecule has 1 aliphatic carbocycles. The van der Waals surface area contributed by atoms with Gasteiger partial charge < -0.3 is 4.90 Å². The van der Waals surface area contributed by atoms with E-state index in [-0.39, 0.29) is 11.7 Å². The minimum Gasteiger partial charge on any atom is -0.303 e. The standard InChI is InChI=1S/C16H21FN2/c1-19(16-8-4-14(12-18)5-9-16)11-10-13-2-6-15(17)7-3-13/h2-3,6-7,14,16H,4-5,8-11H2,1H3. The molecule has 1 aliphatic rings. The summed E-state index contributed by atoms with van der Waals surface area (Å²) in [6.45, 7) is 0.994. The van der Waals surface area contributed by atoms with Crippen LogP contribution in [0.15, 0.2) is 24.3 Å². The van der Waals surface area contributed by atoms with Crippen molar-refractivity contribution in [3.8, 4) is 6.07 Å². The highest BCUT2D eigenvalue weighted by Crippen LogP contribution is 2.26. The van der Waals surface area contributed by atoms with Gasteiger partial charge in [0.05, 0.1) is 6.07 Å². The maximum atomic E-state index is 12.8. The molecule has 0 atom stereocenters. The van der Waals surface area contributed by atoms with Crippen molar-refractivity contribution in [1.82, 2.24) is 4.90 Å². The van der Waals surface area contributed by atoms with E-state index in [4.69, 9.17) is 5.26 Å². The first-order valence-corrected chi connectivity index (χ1v) is 7.03. The lowest BCUT2D eigenvalue weighted by Crippen LogP contribution is -2.36. The Morgan fingerprint density at radius 3 is 2.42 bits per heavy atom. The Balaban J connectivity index is 1.77. The van der Waals surface area contributed by atoms with Gasteiger partial charge in [-0.05, 0) is 56.8 Å². The second-order valence-corrected chi connectivity index (χ2v) is 5.49. The molecule has 1 saturated carbocycles. The van der Waals surface area contributed by atoms with Crippen LogP contribution in [0.1, 0.15) is 31.2 Å². The zero-order valence-electron chi connectivity index (χ0n) is 11.5. The van der Waals surface area contributed by atoms with Crippen LogP contribution < -0.4 is 0 Å². The van der Waals surface area contributed by atoms with Gasteiger partial charge in [-0.15, -0.1) is 0 Å². The van der Waals surface area contributed by atoms with Gasteiger partial charge in [0.1, 0.15) is 5.82 Å². The molecule has 19 heavy (non-hydrogen) atoms. The average molecular weight is 260 g/mol. The Labute approximate surface area is 114 Å². The fourth-order valence-electron chi connectivity index (χ4n) is 2.78. The number of hydrogen-bond acceptors (Lipinski definition) is 2. The Hall–Kier alpha value is -1.40. The van der Waals surface area contributed by atoms with Crippen LogP contribution in [-0.2, 0) is 6.42 Å². The smallest absolute Gasteiger partial charge is 0.123 e. The van der Waals surface area contributed by atoms with Crippen molar-refractivity contribution in [2.24, 2.45) is 5.92 Å². The molecule has 0 heterocycles. The van der Waals surface area contributed by atoms with Gasteiger partial charge in [0.15, 0.2) is 0 Å². The summed E-state index contributed by atoms with van der Waals surface area (Å²) in [5.74, 6) is 0.0914. The predicted octanol–water partition coefficient (Wildman–Crippen LogP) is 3.38. The number of halogens is 1. The topological polar surface area (TPSA) is 27.0 Å². The average Bonchev–Trinajstić information content (AvgIpc) is 2.46. The van der Waals surface area contributed by atoms with Crippen LogP contribution >= 0.6 is 0 Å². The van der Waals surface area contributed by atoms with E-state index in [9.17, 15) is 4.39 Å². The second kappa shape index (κ2) is 6.68. The molecule has 0 bridgehead atoms. The first-order valence-electron chi connectivity index (χ1n) is 7.03. The van der Waals surface area contributed by atoms with Crippen LogP contribution in [0.5, 0.6) is 0 Å². The molecule has 0 N–H and O–H groups in total. The minimum absolute atomic E-state index is 0.174. The molecule has 1 aromatic rings. The molecule has 1 aromatic carbocycles. The molecule has 0 spiro atoms. The van der Waals surface area contributed by atoms with Gasteiger partial charge in [-0.3, -0.25) is 0 Å². The predicted molar refractivity (Wildman–Crippen MR) is 74.1 cm³/mol. The summed E-state index contributed by atoms with van der Waals surface area (Å²) < 4.78 is 12.8. The summed E-state index contributed by atoms with van der Waals surface area (Å²) in [5, 5.41) is 8.90. The first kappa shape index (κ1) is 14.0. The van der Waals surface area contributed by atoms with Gasteiger partial charge in [-0.25, -0.2) is 4.39 Å². The third-order valence-corrected chi connectivity index (χ3v) is 4.17. The molecule has 1 fully saturated rings. The Kier molecular flexibility index (Phi) is 4.93. The summed E-state index contributed by atoms with van der Waals surface area (Å²) in [5.41, 5.74) is 1.18. The number of nitriles is 1. The van der Waals surface area contributed by atoms with Gasteiger partial charge >= 0.3 is 0 Å². The maximum Gasteiger partial charge on any atom is 0.123 e. The maximum absolute atomic E-state index is 12.8. The van der Waals surface area contributed by atoms with Crippen molar-refractivity contribution >= 4 is 0 Å². The quantitative estimate of drug-likeness (QED) is 0.829. The minimum atomic E-state index is -0.174. The zero-order valence-corrected chi connectivity index (χ0v) is 11.5. The van der Waals surface area contributed by atoms with E-state index in [0.717, 1.165) is 38.6 Å². The molecule has 2 rings (SSSR count). The summed E-state index contributed by atoms with van der Waals surface area (Å²) in [6, 6.07) is 9.73. The summed E-state index contributed by atoms with van der Waals surface area (Å²) in [7, 11) is 2.15. The van der Waals surface area contributed by atoms with Crippen molar-refractivity contribution in [2.75, 3.05) is 13.6 Å². The number of likely N-dealkylation sites (N-methyl/N-ethyl adjacent to an activating group) is 1. The van der Waals surface area contributed by atoms with Crippen LogP contribution in [0.25, 0.3) is 0 Å². The molecular formula is C16H21FN2. The van der Waals surface area contributed by atoms with E-state index in [1.807, 2.05) is 12.1 Å². The molecule has 3 heteroatoms. The van der Waals surface area contributed by atoms with E-state index in [1.165, 1.54) is 17.7 Å². The second-order valence-electron chi connectivity index (χ2n) is 5.49. The lowest BCUT2D eigenvalue weighted by molar-refractivity contribution is 0.180. The van der Waals surface area contributed by atoms with Gasteiger partial charge in [-0.1, -0.05) is 12.1 Å². The molecule has 0 amide bonds. The van der Waals surface area contributed by atoms with Gasteiger partial charge in [0.25, 0.3) is 0 Å². The zero-order chi connectivity index (χ0) is 13.7. The number of benzene rings is 1. The monoisotopic (exact) mass is 260 g/mol. The summed E-state index contributed by atoms with van der Waals surface area (Å²) >= 11 is 0. The third kappa shape index (κ3) is 4.04. The summed E-state index contributed by atoms with van der Waals surface area (Å²) in [6.07, 6.45) is 5.26. The van der Waals surface area contributed by atoms with Gasteiger partial charge in [0.2, 0.25) is 0 Å². The van der Waals surface area contributed by atoms with E-state index < -0.39 is 0 Å². The normalized spacial score (nSPS) is 23.3. The van der Waals surface area contributed by atoms with E-state index in [0.29, 0.717) is 6.04 Å². The molecule has 0 aliphatic heterocycles. The largest absolute Gasteiger partial charge is 0.303 e. The van der Waals surface area contributed by atoms with Crippen molar-refractivity contribution in [2.45, 2.75) is 38.1 Å². The molecule has 2 nitrogen and oxygen atoms in total. The SMILES string of the molecule is CN(CCc1ccc(F)cc1)C1CCC(C#N)CC1. The molecule has 0 saturated heterocycles. The van der Waals surface area contributed by atoms with Crippen molar-refractivity contribution in [3.63, 3.8) is 0 Å². The lowest BCUT2D eigenvalue weighted by atomic mass is 9.86. The molecule has 0 aromatic heterocycles. The highest BCUT2D eigenvalue weighted by atomic mass is 19.1. The Morgan fingerprint density at radius 1 is 1.21 bits per heavy atom. The van der Waals surface area contributed by atoms with E-state index in [1.54, 1.807) is 0 Å². The first-order chi connectivity index (χ1) is 9.19. The Bertz CT molecular complexity index is 427. The van der Waals surface area contributed by atoms with Gasteiger partial charge in [0, 0.05) is 18.5 Å². The fourth-order valence-corrected chi connectivity index (χ4v) is 2.78. The van der Waals surface area contributed by atoms with E-state index >= 15 is 0 Å². The number of rotatable bonds is 4. The third-order valence-electron chi connectivity index (χ3n) is 4.17. The molecule has 0 radical (unpaired) electrons. The van der Waals surface area contributed by atoms with Crippen molar-refractivity contribution < 1.29 is 4.39 Å². The van der Waals surface area contributed by atoms with Crippen LogP contribution in [0.2, 0.25) is 0 Å². The fraction of sp³-hybridized carbons (Fsp3) is 0.562. The highest BCUT2D eigenvalue weighted by molar-refractivity contribution is 5.16. The highest BCUT2D eigenvalue weighted by Gasteiger charge is 2.23. The van der Waals surface area contributed by atoms with Gasteiger partial charge in [-0.2, -0.15) is 5.26 Å². The van der Waals surface area contributed by atoms with E-state index in [2.05, 4.69) is 18.0 Å². The Morgan fingerprint density at radius 2 is 1.84 bits per heavy atom. The number of hydrogen-bond donors (Lipinski definition) is 0. The van der Waals surface area contributed by atoms with Crippen LogP contribution in [0.3, 0.4) is 0 Å². The molecule has 0 unspecified atom stereocenters. The van der Waals surface area contributed by atoms with Crippen molar-refractivity contribution in [3.05, 3.63) is 35.6 Å². The van der Waals surface area contributed by atoms with Crippen molar-refractivity contribution in [1.29, 1.82) is 5.26 Å². The lowest BCUT2D eigenvalue weighted by Gasteiger charge is -2.32. The van der Waals surface area contributed by atoms with Crippen LogP contribution in [-0.4, -0.2) is 24.5 Å². The molecular weight excluding hydrogens is 239 g/mol. The van der Waals surface area contributed by atoms with Crippen LogP contribution in [0.4, 0.5) is 4.39 Å². The summed E-state index contributed by atoms with van der Waals surface area (Å²) in [4.78, 5) is 2.39. The number of nitrogens with zero attached hydrogens (tertiary/aromatic N) is 2. The van der Waals surface area contributed by atoms with Crippen LogP contribution in [0, 0.1) is 23.1 Å². The molecule has 102 valence electrons.